The maximum atomic E-state index is 8.67. The minimum Gasteiger partial charge on any atom is -0.496 e. The third-order valence-corrected chi connectivity index (χ3v) is 2.69. The summed E-state index contributed by atoms with van der Waals surface area (Å²) < 4.78 is 5.24. The molecule has 0 saturated carbocycles. The van der Waals surface area contributed by atoms with Gasteiger partial charge in [0.05, 0.1) is 12.7 Å². The van der Waals surface area contributed by atoms with Gasteiger partial charge >= 0.3 is 0 Å². The molecule has 5 nitrogen and oxygen atoms in total. The number of benzene rings is 1. The summed E-state index contributed by atoms with van der Waals surface area (Å²) in [7, 11) is 1.57. The first kappa shape index (κ1) is 14.3. The Morgan fingerprint density at radius 2 is 2.28 bits per heavy atom. The molecule has 0 amide bonds. The highest BCUT2D eigenvalue weighted by Crippen LogP contribution is 2.20. The molecule has 1 aromatic carbocycles. The molecule has 0 fully saturated rings. The van der Waals surface area contributed by atoms with E-state index in [1.807, 2.05) is 12.1 Å². The summed E-state index contributed by atoms with van der Waals surface area (Å²) in [6, 6.07) is 5.63. The maximum Gasteiger partial charge on any atom is 0.173 e. The summed E-state index contributed by atoms with van der Waals surface area (Å²) >= 11 is 0. The summed E-state index contributed by atoms with van der Waals surface area (Å²) in [5.41, 5.74) is 7.27. The van der Waals surface area contributed by atoms with E-state index in [9.17, 15) is 0 Å². The molecule has 0 saturated heterocycles. The molecule has 0 bridgehead atoms. The Morgan fingerprint density at radius 3 is 2.89 bits per heavy atom. The minimum atomic E-state index is 0.0531. The Bertz CT molecular complexity index is 405. The molecule has 0 spiro atoms. The molecular formula is C13H21N3O2. The number of hydrogen-bond acceptors (Lipinski definition) is 4. The molecule has 0 aliphatic carbocycles. The van der Waals surface area contributed by atoms with Crippen LogP contribution in [0.4, 0.5) is 0 Å². The van der Waals surface area contributed by atoms with Crippen LogP contribution in [0.15, 0.2) is 23.4 Å². The third-order valence-electron chi connectivity index (χ3n) is 2.69. The van der Waals surface area contributed by atoms with Crippen molar-refractivity contribution in [3.05, 3.63) is 29.3 Å². The Labute approximate surface area is 108 Å². The van der Waals surface area contributed by atoms with Crippen molar-refractivity contribution in [2.75, 3.05) is 13.7 Å². The van der Waals surface area contributed by atoms with Crippen LogP contribution in [0.1, 0.15) is 30.9 Å². The second-order valence-electron chi connectivity index (χ2n) is 4.05. The van der Waals surface area contributed by atoms with Crippen LogP contribution in [-0.4, -0.2) is 24.7 Å². The molecule has 0 radical (unpaired) electrons. The highest BCUT2D eigenvalue weighted by Gasteiger charge is 2.08. The van der Waals surface area contributed by atoms with E-state index < -0.39 is 0 Å². The molecule has 1 aromatic rings. The first-order valence-corrected chi connectivity index (χ1v) is 6.08. The molecule has 0 unspecified atom stereocenters. The molecule has 100 valence electrons. The van der Waals surface area contributed by atoms with Crippen LogP contribution in [0.2, 0.25) is 0 Å². The lowest BCUT2D eigenvalue weighted by atomic mass is 10.1. The average Bonchev–Trinajstić information content (AvgIpc) is 2.42. The lowest BCUT2D eigenvalue weighted by Gasteiger charge is -2.10. The summed E-state index contributed by atoms with van der Waals surface area (Å²) in [6.07, 6.45) is 2.35. The standard InChI is InChI=1S/C13H21N3O2/c1-3-4-7-15-9-10-5-6-11(13(14)16-17)12(8-10)18-2/h5-6,8,15,17H,3-4,7,9H2,1-2H3,(H2,14,16). The van der Waals surface area contributed by atoms with E-state index in [1.165, 1.54) is 12.8 Å². The van der Waals surface area contributed by atoms with Crippen molar-refractivity contribution >= 4 is 5.84 Å². The number of hydrogen-bond donors (Lipinski definition) is 3. The number of unbranched alkanes of at least 4 members (excludes halogenated alkanes) is 1. The van der Waals surface area contributed by atoms with Gasteiger partial charge in [-0.3, -0.25) is 0 Å². The van der Waals surface area contributed by atoms with E-state index in [0.717, 1.165) is 18.7 Å². The first-order chi connectivity index (χ1) is 8.72. The normalized spacial score (nSPS) is 11.6. The van der Waals surface area contributed by atoms with Gasteiger partial charge in [0, 0.05) is 6.54 Å². The van der Waals surface area contributed by atoms with Gasteiger partial charge in [-0.05, 0) is 30.7 Å². The molecule has 0 heterocycles. The average molecular weight is 251 g/mol. The van der Waals surface area contributed by atoms with Gasteiger partial charge in [-0.15, -0.1) is 0 Å². The molecule has 5 heteroatoms. The molecule has 0 aliphatic rings. The first-order valence-electron chi connectivity index (χ1n) is 6.08. The van der Waals surface area contributed by atoms with Crippen molar-refractivity contribution in [2.24, 2.45) is 10.9 Å². The van der Waals surface area contributed by atoms with Crippen molar-refractivity contribution in [1.29, 1.82) is 0 Å². The molecule has 4 N–H and O–H groups in total. The Morgan fingerprint density at radius 1 is 1.50 bits per heavy atom. The van der Waals surface area contributed by atoms with Crippen molar-refractivity contribution in [3.63, 3.8) is 0 Å². The maximum absolute atomic E-state index is 8.67. The van der Waals surface area contributed by atoms with E-state index in [-0.39, 0.29) is 5.84 Å². The Kier molecular flexibility index (Phi) is 6.00. The van der Waals surface area contributed by atoms with Gasteiger partial charge in [0.1, 0.15) is 5.75 Å². The van der Waals surface area contributed by atoms with Crippen LogP contribution in [0.5, 0.6) is 5.75 Å². The third kappa shape index (κ3) is 3.92. The fraction of sp³-hybridized carbons (Fsp3) is 0.462. The van der Waals surface area contributed by atoms with E-state index in [0.29, 0.717) is 11.3 Å². The zero-order valence-corrected chi connectivity index (χ0v) is 10.9. The molecule has 1 rings (SSSR count). The lowest BCUT2D eigenvalue weighted by Crippen LogP contribution is -2.16. The van der Waals surface area contributed by atoms with Gasteiger partial charge in [-0.25, -0.2) is 0 Å². The van der Waals surface area contributed by atoms with Gasteiger partial charge < -0.3 is 21.0 Å². The van der Waals surface area contributed by atoms with Crippen LogP contribution >= 0.6 is 0 Å². The molecule has 0 aromatic heterocycles. The minimum absolute atomic E-state index is 0.0531. The molecular weight excluding hydrogens is 230 g/mol. The van der Waals surface area contributed by atoms with E-state index >= 15 is 0 Å². The van der Waals surface area contributed by atoms with Crippen LogP contribution in [-0.2, 0) is 6.54 Å². The lowest BCUT2D eigenvalue weighted by molar-refractivity contribution is 0.318. The highest BCUT2D eigenvalue weighted by atomic mass is 16.5. The quantitative estimate of drug-likeness (QED) is 0.226. The van der Waals surface area contributed by atoms with Crippen LogP contribution < -0.4 is 15.8 Å². The van der Waals surface area contributed by atoms with Crippen molar-refractivity contribution in [1.82, 2.24) is 5.32 Å². The molecule has 0 atom stereocenters. The summed E-state index contributed by atoms with van der Waals surface area (Å²) in [5.74, 6) is 0.664. The van der Waals surface area contributed by atoms with Crippen molar-refractivity contribution < 1.29 is 9.94 Å². The second kappa shape index (κ2) is 7.55. The van der Waals surface area contributed by atoms with Crippen LogP contribution in [0.25, 0.3) is 0 Å². The molecule has 0 aliphatic heterocycles. The van der Waals surface area contributed by atoms with Gasteiger partial charge in [0.2, 0.25) is 0 Å². The predicted octanol–water partition coefficient (Wildman–Crippen LogP) is 1.68. The van der Waals surface area contributed by atoms with Gasteiger partial charge in [-0.2, -0.15) is 0 Å². The van der Waals surface area contributed by atoms with Gasteiger partial charge in [0.25, 0.3) is 0 Å². The van der Waals surface area contributed by atoms with E-state index in [4.69, 9.17) is 15.7 Å². The fourth-order valence-corrected chi connectivity index (χ4v) is 1.65. The SMILES string of the molecule is CCCCNCc1ccc(/C(N)=N/O)c(OC)c1. The monoisotopic (exact) mass is 251 g/mol. The van der Waals surface area contributed by atoms with Crippen molar-refractivity contribution in [2.45, 2.75) is 26.3 Å². The fourth-order valence-electron chi connectivity index (χ4n) is 1.65. The predicted molar refractivity (Wildman–Crippen MR) is 72.1 cm³/mol. The second-order valence-corrected chi connectivity index (χ2v) is 4.05. The van der Waals surface area contributed by atoms with Crippen molar-refractivity contribution in [3.8, 4) is 5.75 Å². The number of methoxy groups -OCH3 is 1. The number of ether oxygens (including phenoxy) is 1. The zero-order valence-electron chi connectivity index (χ0n) is 10.9. The van der Waals surface area contributed by atoms with E-state index in [2.05, 4.69) is 17.4 Å². The summed E-state index contributed by atoms with van der Waals surface area (Å²) in [4.78, 5) is 0. The topological polar surface area (TPSA) is 79.9 Å². The highest BCUT2D eigenvalue weighted by molar-refractivity contribution is 5.99. The summed E-state index contributed by atoms with van der Waals surface area (Å²) in [5, 5.41) is 15.0. The van der Waals surface area contributed by atoms with Gasteiger partial charge in [-0.1, -0.05) is 24.6 Å². The van der Waals surface area contributed by atoms with Gasteiger partial charge in [0.15, 0.2) is 5.84 Å². The number of nitrogens with one attached hydrogen (secondary N) is 1. The number of amidine groups is 1. The Hall–Kier alpha value is -1.75. The number of oxime groups is 1. The molecule has 18 heavy (non-hydrogen) atoms. The largest absolute Gasteiger partial charge is 0.496 e. The van der Waals surface area contributed by atoms with Crippen LogP contribution in [0.3, 0.4) is 0 Å². The smallest absolute Gasteiger partial charge is 0.173 e. The zero-order chi connectivity index (χ0) is 13.4. The van der Waals surface area contributed by atoms with Crippen LogP contribution in [0, 0.1) is 0 Å². The van der Waals surface area contributed by atoms with E-state index in [1.54, 1.807) is 13.2 Å². The number of nitrogens with two attached hydrogens (primary N) is 1. The Balaban J connectivity index is 2.73. The number of nitrogens with zero attached hydrogens (tertiary/aromatic N) is 1. The summed E-state index contributed by atoms with van der Waals surface area (Å²) in [6.45, 7) is 3.95. The number of rotatable bonds is 7.